The number of benzene rings is 1. The van der Waals surface area contributed by atoms with Crippen LogP contribution in [0.5, 0.6) is 5.75 Å². The van der Waals surface area contributed by atoms with Crippen LogP contribution in [0.4, 0.5) is 13.2 Å². The number of thioether (sulfide) groups is 1. The van der Waals surface area contributed by atoms with Crippen molar-refractivity contribution in [3.63, 3.8) is 0 Å². The van der Waals surface area contributed by atoms with Gasteiger partial charge in [-0.05, 0) is 42.2 Å². The molecule has 108 valence electrons. The Morgan fingerprint density at radius 2 is 1.89 bits per heavy atom. The second-order valence-corrected chi connectivity index (χ2v) is 5.29. The van der Waals surface area contributed by atoms with Crippen molar-refractivity contribution in [2.75, 3.05) is 18.6 Å². The highest BCUT2D eigenvalue weighted by molar-refractivity contribution is 7.98. The molecular weight excluding hydrogens is 275 g/mol. The molecule has 6 heteroatoms. The SMILES string of the molecule is CSCC(C)CNCc1ccc(OC(F)(F)F)cc1. The maximum Gasteiger partial charge on any atom is 0.573 e. The fraction of sp³-hybridized carbons (Fsp3) is 0.538. The summed E-state index contributed by atoms with van der Waals surface area (Å²) in [6.07, 6.45) is -2.57. The Morgan fingerprint density at radius 1 is 1.26 bits per heavy atom. The lowest BCUT2D eigenvalue weighted by molar-refractivity contribution is -0.274. The van der Waals surface area contributed by atoms with Gasteiger partial charge < -0.3 is 10.1 Å². The van der Waals surface area contributed by atoms with Crippen LogP contribution in [0.25, 0.3) is 0 Å². The van der Waals surface area contributed by atoms with Crippen molar-refractivity contribution in [3.05, 3.63) is 29.8 Å². The van der Waals surface area contributed by atoms with Crippen LogP contribution in [-0.4, -0.2) is 24.9 Å². The lowest BCUT2D eigenvalue weighted by Crippen LogP contribution is -2.22. The van der Waals surface area contributed by atoms with Crippen molar-refractivity contribution in [2.24, 2.45) is 5.92 Å². The Labute approximate surface area is 115 Å². The van der Waals surface area contributed by atoms with Gasteiger partial charge in [0.2, 0.25) is 0 Å². The van der Waals surface area contributed by atoms with Crippen molar-refractivity contribution < 1.29 is 17.9 Å². The highest BCUT2D eigenvalue weighted by atomic mass is 32.2. The third kappa shape index (κ3) is 7.32. The number of alkyl halides is 3. The Hall–Kier alpha value is -0.880. The molecule has 1 rings (SSSR count). The van der Waals surface area contributed by atoms with Gasteiger partial charge in [0, 0.05) is 6.54 Å². The highest BCUT2D eigenvalue weighted by Crippen LogP contribution is 2.22. The molecule has 0 aromatic heterocycles. The predicted octanol–water partition coefficient (Wildman–Crippen LogP) is 3.67. The molecule has 2 nitrogen and oxygen atoms in total. The fourth-order valence-electron chi connectivity index (χ4n) is 1.62. The minimum absolute atomic E-state index is 0.188. The average Bonchev–Trinajstić information content (AvgIpc) is 2.30. The zero-order chi connectivity index (χ0) is 14.3. The van der Waals surface area contributed by atoms with E-state index in [9.17, 15) is 13.2 Å². The normalized spacial score (nSPS) is 13.3. The molecule has 1 aromatic rings. The molecular formula is C13H18F3NOS. The first-order valence-corrected chi connectivity index (χ1v) is 7.34. The first-order chi connectivity index (χ1) is 8.90. The minimum atomic E-state index is -4.63. The molecule has 0 amide bonds. The number of rotatable bonds is 7. The molecule has 1 aromatic carbocycles. The first-order valence-electron chi connectivity index (χ1n) is 5.95. The summed E-state index contributed by atoms with van der Waals surface area (Å²) in [7, 11) is 0. The molecule has 1 unspecified atom stereocenters. The lowest BCUT2D eigenvalue weighted by Gasteiger charge is -2.12. The summed E-state index contributed by atoms with van der Waals surface area (Å²) in [5, 5.41) is 3.28. The molecule has 0 aliphatic rings. The summed E-state index contributed by atoms with van der Waals surface area (Å²) in [5.74, 6) is 1.47. The maximum atomic E-state index is 12.0. The van der Waals surface area contributed by atoms with E-state index in [0.717, 1.165) is 17.9 Å². The largest absolute Gasteiger partial charge is 0.573 e. The van der Waals surface area contributed by atoms with Crippen LogP contribution in [0.15, 0.2) is 24.3 Å². The van der Waals surface area contributed by atoms with Gasteiger partial charge in [-0.2, -0.15) is 11.8 Å². The quantitative estimate of drug-likeness (QED) is 0.828. The molecule has 0 spiro atoms. The van der Waals surface area contributed by atoms with Gasteiger partial charge in [-0.15, -0.1) is 13.2 Å². The monoisotopic (exact) mass is 293 g/mol. The van der Waals surface area contributed by atoms with E-state index in [-0.39, 0.29) is 5.75 Å². The van der Waals surface area contributed by atoms with E-state index >= 15 is 0 Å². The topological polar surface area (TPSA) is 21.3 Å². The van der Waals surface area contributed by atoms with Crippen LogP contribution in [0.1, 0.15) is 12.5 Å². The number of hydrogen-bond donors (Lipinski definition) is 1. The molecule has 0 fully saturated rings. The van der Waals surface area contributed by atoms with Gasteiger partial charge in [0.05, 0.1) is 0 Å². The van der Waals surface area contributed by atoms with Crippen molar-refractivity contribution in [1.29, 1.82) is 0 Å². The number of ether oxygens (including phenoxy) is 1. The van der Waals surface area contributed by atoms with Gasteiger partial charge in [0.25, 0.3) is 0 Å². The van der Waals surface area contributed by atoms with Crippen LogP contribution < -0.4 is 10.1 Å². The smallest absolute Gasteiger partial charge is 0.406 e. The van der Waals surface area contributed by atoms with E-state index in [4.69, 9.17) is 0 Å². The van der Waals surface area contributed by atoms with Gasteiger partial charge in [0.1, 0.15) is 5.75 Å². The standard InChI is InChI=1S/C13H18F3NOS/c1-10(9-19-2)7-17-8-11-3-5-12(6-4-11)18-13(14,15)16/h3-6,10,17H,7-9H2,1-2H3. The van der Waals surface area contributed by atoms with E-state index in [1.54, 1.807) is 23.9 Å². The summed E-state index contributed by atoms with van der Waals surface area (Å²) in [4.78, 5) is 0. The molecule has 19 heavy (non-hydrogen) atoms. The Bertz CT molecular complexity index is 367. The Kier molecular flexibility index (Phi) is 6.51. The lowest BCUT2D eigenvalue weighted by atomic mass is 10.2. The van der Waals surface area contributed by atoms with Crippen LogP contribution in [0, 0.1) is 5.92 Å². The average molecular weight is 293 g/mol. The fourth-order valence-corrected chi connectivity index (χ4v) is 2.30. The van der Waals surface area contributed by atoms with Crippen molar-refractivity contribution in [3.8, 4) is 5.75 Å². The molecule has 0 radical (unpaired) electrons. The molecule has 0 aliphatic heterocycles. The van der Waals surface area contributed by atoms with Crippen LogP contribution in [0.2, 0.25) is 0 Å². The van der Waals surface area contributed by atoms with Gasteiger partial charge in [-0.25, -0.2) is 0 Å². The summed E-state index contributed by atoms with van der Waals surface area (Å²) in [5.41, 5.74) is 0.936. The Morgan fingerprint density at radius 3 is 2.42 bits per heavy atom. The zero-order valence-corrected chi connectivity index (χ0v) is 11.8. The van der Waals surface area contributed by atoms with E-state index < -0.39 is 6.36 Å². The van der Waals surface area contributed by atoms with Crippen molar-refractivity contribution in [1.82, 2.24) is 5.32 Å². The minimum Gasteiger partial charge on any atom is -0.406 e. The highest BCUT2D eigenvalue weighted by Gasteiger charge is 2.30. The van der Waals surface area contributed by atoms with Crippen molar-refractivity contribution >= 4 is 11.8 Å². The third-order valence-corrected chi connectivity index (χ3v) is 3.33. The molecule has 1 N–H and O–H groups in total. The van der Waals surface area contributed by atoms with Gasteiger partial charge >= 0.3 is 6.36 Å². The van der Waals surface area contributed by atoms with E-state index in [0.29, 0.717) is 12.5 Å². The number of hydrogen-bond acceptors (Lipinski definition) is 3. The summed E-state index contributed by atoms with van der Waals surface area (Å²) in [6, 6.07) is 5.92. The van der Waals surface area contributed by atoms with E-state index in [1.807, 2.05) is 0 Å². The van der Waals surface area contributed by atoms with Crippen LogP contribution >= 0.6 is 11.8 Å². The Balaban J connectivity index is 2.36. The van der Waals surface area contributed by atoms with Crippen LogP contribution in [-0.2, 0) is 6.54 Å². The molecule has 1 atom stereocenters. The molecule has 0 aliphatic carbocycles. The maximum absolute atomic E-state index is 12.0. The van der Waals surface area contributed by atoms with E-state index in [2.05, 4.69) is 23.2 Å². The predicted molar refractivity (Wildman–Crippen MR) is 72.4 cm³/mol. The molecule has 0 heterocycles. The number of halogens is 3. The summed E-state index contributed by atoms with van der Waals surface area (Å²) in [6.45, 7) is 3.69. The van der Waals surface area contributed by atoms with Gasteiger partial charge in [0.15, 0.2) is 0 Å². The first kappa shape index (κ1) is 16.2. The van der Waals surface area contributed by atoms with Gasteiger partial charge in [-0.1, -0.05) is 19.1 Å². The van der Waals surface area contributed by atoms with Crippen LogP contribution in [0.3, 0.4) is 0 Å². The molecule has 0 bridgehead atoms. The summed E-state index contributed by atoms with van der Waals surface area (Å²) < 4.78 is 39.7. The second kappa shape index (κ2) is 7.65. The second-order valence-electron chi connectivity index (χ2n) is 4.38. The van der Waals surface area contributed by atoms with E-state index in [1.165, 1.54) is 12.1 Å². The molecule has 0 saturated heterocycles. The number of nitrogens with one attached hydrogen (secondary N) is 1. The van der Waals surface area contributed by atoms with Crippen molar-refractivity contribution in [2.45, 2.75) is 19.8 Å². The third-order valence-electron chi connectivity index (χ3n) is 2.43. The summed E-state index contributed by atoms with van der Waals surface area (Å²) >= 11 is 1.80. The van der Waals surface area contributed by atoms with Gasteiger partial charge in [-0.3, -0.25) is 0 Å². The molecule has 0 saturated carbocycles. The zero-order valence-electron chi connectivity index (χ0n) is 11.0.